The molecule has 0 N–H and O–H groups in total. The average molecular weight is 209 g/mol. The van der Waals surface area contributed by atoms with Gasteiger partial charge in [0.25, 0.3) is 0 Å². The van der Waals surface area contributed by atoms with Gasteiger partial charge in [0.1, 0.15) is 0 Å². The highest BCUT2D eigenvalue weighted by atomic mass is 19.1. The summed E-state index contributed by atoms with van der Waals surface area (Å²) in [5.74, 6) is 0. The Morgan fingerprint density at radius 2 is 2.13 bits per heavy atom. The Morgan fingerprint density at radius 3 is 2.87 bits per heavy atom. The molecule has 2 rings (SSSR count). The Kier molecular flexibility index (Phi) is 3.34. The van der Waals surface area contributed by atoms with Crippen molar-refractivity contribution >= 4 is 0 Å². The van der Waals surface area contributed by atoms with Crippen LogP contribution in [0.4, 0.5) is 4.39 Å². The zero-order valence-corrected chi connectivity index (χ0v) is 8.90. The fourth-order valence-electron chi connectivity index (χ4n) is 1.84. The van der Waals surface area contributed by atoms with E-state index in [9.17, 15) is 4.39 Å². The van der Waals surface area contributed by atoms with E-state index in [1.54, 1.807) is 6.92 Å². The van der Waals surface area contributed by atoms with Crippen LogP contribution in [0.5, 0.6) is 0 Å². The van der Waals surface area contributed by atoms with Crippen LogP contribution in [0.2, 0.25) is 0 Å². The molecule has 3 heteroatoms. The molecule has 1 saturated heterocycles. The first-order chi connectivity index (χ1) is 7.27. The van der Waals surface area contributed by atoms with Crippen LogP contribution >= 0.6 is 0 Å². The zero-order valence-electron chi connectivity index (χ0n) is 8.90. The van der Waals surface area contributed by atoms with Gasteiger partial charge in [-0.15, -0.1) is 0 Å². The van der Waals surface area contributed by atoms with Crippen LogP contribution in [0.15, 0.2) is 30.3 Å². The van der Waals surface area contributed by atoms with E-state index in [1.165, 1.54) is 0 Å². The van der Waals surface area contributed by atoms with Crippen LogP contribution in [0, 0.1) is 0 Å². The highest BCUT2D eigenvalue weighted by molar-refractivity contribution is 5.14. The molecule has 0 saturated carbocycles. The van der Waals surface area contributed by atoms with E-state index in [0.29, 0.717) is 19.7 Å². The summed E-state index contributed by atoms with van der Waals surface area (Å²) in [5, 5.41) is 0. The van der Waals surface area contributed by atoms with Gasteiger partial charge in [-0.2, -0.15) is 0 Å². The molecule has 2 atom stereocenters. The minimum atomic E-state index is -0.987. The van der Waals surface area contributed by atoms with Gasteiger partial charge in [0.15, 0.2) is 6.30 Å². The molecule has 82 valence electrons. The van der Waals surface area contributed by atoms with Crippen molar-refractivity contribution in [2.45, 2.75) is 25.9 Å². The lowest BCUT2D eigenvalue weighted by Crippen LogP contribution is -2.47. The second kappa shape index (κ2) is 4.73. The number of hydrogen-bond acceptors (Lipinski definition) is 2. The number of benzene rings is 1. The number of alkyl halides is 1. The first-order valence-electron chi connectivity index (χ1n) is 5.31. The summed E-state index contributed by atoms with van der Waals surface area (Å²) in [6, 6.07) is 9.97. The van der Waals surface area contributed by atoms with Crippen LogP contribution in [0.1, 0.15) is 12.5 Å². The van der Waals surface area contributed by atoms with Crippen LogP contribution in [-0.4, -0.2) is 30.5 Å². The van der Waals surface area contributed by atoms with E-state index in [0.717, 1.165) is 5.56 Å². The van der Waals surface area contributed by atoms with Gasteiger partial charge in [0.2, 0.25) is 0 Å². The first kappa shape index (κ1) is 10.6. The molecule has 1 aromatic rings. The Balaban J connectivity index is 1.99. The third-order valence-corrected chi connectivity index (χ3v) is 2.72. The molecule has 2 nitrogen and oxygen atoms in total. The van der Waals surface area contributed by atoms with Gasteiger partial charge in [-0.1, -0.05) is 30.3 Å². The summed E-state index contributed by atoms with van der Waals surface area (Å²) >= 11 is 0. The predicted octanol–water partition coefficient (Wildman–Crippen LogP) is 2.20. The molecule has 0 amide bonds. The fraction of sp³-hybridized carbons (Fsp3) is 0.500. The predicted molar refractivity (Wildman–Crippen MR) is 57.2 cm³/mol. The van der Waals surface area contributed by atoms with Gasteiger partial charge in [0.05, 0.1) is 12.7 Å². The van der Waals surface area contributed by atoms with Crippen molar-refractivity contribution in [3.63, 3.8) is 0 Å². The Labute approximate surface area is 89.7 Å². The Hall–Kier alpha value is -0.930. The topological polar surface area (TPSA) is 12.5 Å². The number of rotatable bonds is 2. The molecule has 0 aliphatic carbocycles. The van der Waals surface area contributed by atoms with Gasteiger partial charge >= 0.3 is 0 Å². The monoisotopic (exact) mass is 209 g/mol. The lowest BCUT2D eigenvalue weighted by molar-refractivity contribution is -0.115. The van der Waals surface area contributed by atoms with Gasteiger partial charge in [-0.3, -0.25) is 4.90 Å². The highest BCUT2D eigenvalue weighted by Crippen LogP contribution is 2.17. The standard InChI is InChI=1S/C12H16FNO/c1-10-12(13)14(7-8-15-10)9-11-5-3-2-4-6-11/h2-6,10,12H,7-9H2,1H3/t10?,12-/m0/s1. The second-order valence-corrected chi connectivity index (χ2v) is 3.90. The molecule has 1 fully saturated rings. The lowest BCUT2D eigenvalue weighted by Gasteiger charge is -2.34. The molecule has 1 aromatic carbocycles. The van der Waals surface area contributed by atoms with E-state index >= 15 is 0 Å². The van der Waals surface area contributed by atoms with Crippen molar-refractivity contribution < 1.29 is 9.13 Å². The molecule has 0 aromatic heterocycles. The van der Waals surface area contributed by atoms with Crippen LogP contribution in [-0.2, 0) is 11.3 Å². The summed E-state index contributed by atoms with van der Waals surface area (Å²) in [7, 11) is 0. The maximum Gasteiger partial charge on any atom is 0.180 e. The number of hydrogen-bond donors (Lipinski definition) is 0. The van der Waals surface area contributed by atoms with E-state index in [2.05, 4.69) is 0 Å². The third-order valence-electron chi connectivity index (χ3n) is 2.72. The molecule has 1 aliphatic rings. The van der Waals surface area contributed by atoms with Crippen LogP contribution in [0.25, 0.3) is 0 Å². The normalized spacial score (nSPS) is 27.9. The number of morpholine rings is 1. The first-order valence-corrected chi connectivity index (χ1v) is 5.31. The molecule has 0 spiro atoms. The van der Waals surface area contributed by atoms with Gasteiger partial charge < -0.3 is 4.74 Å². The van der Waals surface area contributed by atoms with Crippen molar-refractivity contribution in [2.75, 3.05) is 13.2 Å². The molecule has 15 heavy (non-hydrogen) atoms. The zero-order chi connectivity index (χ0) is 10.7. The number of halogens is 1. The van der Waals surface area contributed by atoms with Gasteiger partial charge in [-0.25, -0.2) is 4.39 Å². The van der Waals surface area contributed by atoms with Crippen molar-refractivity contribution in [2.24, 2.45) is 0 Å². The molecular weight excluding hydrogens is 193 g/mol. The maximum atomic E-state index is 13.7. The van der Waals surface area contributed by atoms with Crippen LogP contribution < -0.4 is 0 Å². The van der Waals surface area contributed by atoms with Crippen molar-refractivity contribution in [3.8, 4) is 0 Å². The minimum absolute atomic E-state index is 0.317. The van der Waals surface area contributed by atoms with Crippen molar-refractivity contribution in [3.05, 3.63) is 35.9 Å². The van der Waals surface area contributed by atoms with E-state index < -0.39 is 6.30 Å². The van der Waals surface area contributed by atoms with Crippen molar-refractivity contribution in [1.82, 2.24) is 4.90 Å². The highest BCUT2D eigenvalue weighted by Gasteiger charge is 2.28. The Morgan fingerprint density at radius 1 is 1.40 bits per heavy atom. The number of nitrogens with zero attached hydrogens (tertiary/aromatic N) is 1. The smallest absolute Gasteiger partial charge is 0.180 e. The summed E-state index contributed by atoms with van der Waals surface area (Å²) in [4.78, 5) is 1.82. The van der Waals surface area contributed by atoms with Gasteiger partial charge in [0, 0.05) is 13.1 Å². The molecular formula is C12H16FNO. The maximum absolute atomic E-state index is 13.7. The fourth-order valence-corrected chi connectivity index (χ4v) is 1.84. The quantitative estimate of drug-likeness (QED) is 0.692. The van der Waals surface area contributed by atoms with Gasteiger partial charge in [-0.05, 0) is 12.5 Å². The molecule has 1 heterocycles. The van der Waals surface area contributed by atoms with E-state index in [-0.39, 0.29) is 6.10 Å². The third kappa shape index (κ3) is 2.55. The summed E-state index contributed by atoms with van der Waals surface area (Å²) in [5.41, 5.74) is 1.15. The molecule has 0 bridgehead atoms. The lowest BCUT2D eigenvalue weighted by atomic mass is 10.2. The molecule has 0 radical (unpaired) electrons. The SMILES string of the molecule is CC1OCCN(Cc2ccccc2)[C@@H]1F. The summed E-state index contributed by atoms with van der Waals surface area (Å²) in [6.07, 6.45) is -1.30. The molecule has 1 unspecified atom stereocenters. The summed E-state index contributed by atoms with van der Waals surface area (Å²) < 4.78 is 19.0. The Bertz CT molecular complexity index is 304. The van der Waals surface area contributed by atoms with Crippen LogP contribution in [0.3, 0.4) is 0 Å². The summed E-state index contributed by atoms with van der Waals surface area (Å²) in [6.45, 7) is 3.73. The largest absolute Gasteiger partial charge is 0.373 e. The average Bonchev–Trinajstić information content (AvgIpc) is 2.26. The molecule has 1 aliphatic heterocycles. The van der Waals surface area contributed by atoms with Crippen molar-refractivity contribution in [1.29, 1.82) is 0 Å². The van der Waals surface area contributed by atoms with E-state index in [4.69, 9.17) is 4.74 Å². The minimum Gasteiger partial charge on any atom is -0.373 e. The van der Waals surface area contributed by atoms with E-state index in [1.807, 2.05) is 35.2 Å². The number of ether oxygens (including phenoxy) is 1. The second-order valence-electron chi connectivity index (χ2n) is 3.90.